The second kappa shape index (κ2) is 9.22. The Bertz CT molecular complexity index is 1190. The maximum Gasteiger partial charge on any atom is 0.234 e. The van der Waals surface area contributed by atoms with E-state index in [4.69, 9.17) is 4.63 Å². The van der Waals surface area contributed by atoms with Crippen LogP contribution in [0, 0.1) is 0 Å². The van der Waals surface area contributed by atoms with Crippen molar-refractivity contribution in [3.8, 4) is 17.2 Å². The lowest BCUT2D eigenvalue weighted by Gasteiger charge is -2.09. The number of amides is 2. The van der Waals surface area contributed by atoms with Crippen molar-refractivity contribution < 1.29 is 14.2 Å². The summed E-state index contributed by atoms with van der Waals surface area (Å²) in [7, 11) is 0. The van der Waals surface area contributed by atoms with Gasteiger partial charge in [0, 0.05) is 18.3 Å². The van der Waals surface area contributed by atoms with Crippen molar-refractivity contribution in [3.63, 3.8) is 0 Å². The molecular weight excluding hydrogens is 418 g/mol. The normalized spacial score (nSPS) is 10.6. The monoisotopic (exact) mass is 435 g/mol. The number of nitrogens with zero attached hydrogens (tertiary/aromatic N) is 5. The van der Waals surface area contributed by atoms with Crippen LogP contribution in [0.2, 0.25) is 0 Å². The van der Waals surface area contributed by atoms with Gasteiger partial charge in [-0.05, 0) is 34.6 Å². The van der Waals surface area contributed by atoms with Crippen LogP contribution >= 0.6 is 11.8 Å². The van der Waals surface area contributed by atoms with Gasteiger partial charge in [-0.1, -0.05) is 48.2 Å². The summed E-state index contributed by atoms with van der Waals surface area (Å²) < 4.78 is 6.53. The SMILES string of the molecule is CC(=O)Nc1nonc1-c1nnc(SCC(=O)Nc2ccccc2)n1-c1ccccc1. The quantitative estimate of drug-likeness (QED) is 0.424. The Labute approximate surface area is 181 Å². The summed E-state index contributed by atoms with van der Waals surface area (Å²) in [6.45, 7) is 1.35. The molecule has 4 rings (SSSR count). The predicted molar refractivity (Wildman–Crippen MR) is 115 cm³/mol. The Kier molecular flexibility index (Phi) is 6.03. The van der Waals surface area contributed by atoms with E-state index in [1.165, 1.54) is 18.7 Å². The molecule has 0 unspecified atom stereocenters. The zero-order valence-corrected chi connectivity index (χ0v) is 17.2. The molecule has 2 aromatic carbocycles. The molecule has 31 heavy (non-hydrogen) atoms. The number of para-hydroxylation sites is 2. The molecule has 2 N–H and O–H groups in total. The van der Waals surface area contributed by atoms with Crippen LogP contribution in [0.25, 0.3) is 17.2 Å². The number of hydrogen-bond donors (Lipinski definition) is 2. The number of hydrogen-bond acceptors (Lipinski definition) is 8. The van der Waals surface area contributed by atoms with Gasteiger partial charge in [0.25, 0.3) is 0 Å². The number of nitrogens with one attached hydrogen (secondary N) is 2. The molecular formula is C20H17N7O3S. The van der Waals surface area contributed by atoms with Gasteiger partial charge in [-0.2, -0.15) is 0 Å². The Morgan fingerprint density at radius 2 is 1.68 bits per heavy atom. The number of thioether (sulfide) groups is 1. The summed E-state index contributed by atoms with van der Waals surface area (Å²) in [6, 6.07) is 18.5. The van der Waals surface area contributed by atoms with E-state index in [2.05, 4.69) is 31.1 Å². The maximum atomic E-state index is 12.4. The van der Waals surface area contributed by atoms with E-state index in [0.29, 0.717) is 16.7 Å². The highest BCUT2D eigenvalue weighted by Gasteiger charge is 2.23. The van der Waals surface area contributed by atoms with Crippen LogP contribution in [0.1, 0.15) is 6.92 Å². The number of carbonyl (C=O) groups is 2. The van der Waals surface area contributed by atoms with Crippen LogP contribution in [0.4, 0.5) is 11.5 Å². The summed E-state index contributed by atoms with van der Waals surface area (Å²) in [5, 5.41) is 21.9. The van der Waals surface area contributed by atoms with Gasteiger partial charge >= 0.3 is 0 Å². The molecule has 4 aromatic rings. The fraction of sp³-hybridized carbons (Fsp3) is 0.100. The van der Waals surface area contributed by atoms with Crippen molar-refractivity contribution in [2.75, 3.05) is 16.4 Å². The lowest BCUT2D eigenvalue weighted by Crippen LogP contribution is -2.14. The average Bonchev–Trinajstić information content (AvgIpc) is 3.39. The van der Waals surface area contributed by atoms with Gasteiger partial charge < -0.3 is 10.6 Å². The van der Waals surface area contributed by atoms with Crippen LogP contribution in [-0.4, -0.2) is 42.6 Å². The molecule has 0 aliphatic carbocycles. The van der Waals surface area contributed by atoms with E-state index in [9.17, 15) is 9.59 Å². The molecule has 0 radical (unpaired) electrons. The fourth-order valence-corrected chi connectivity index (χ4v) is 3.51. The first-order valence-corrected chi connectivity index (χ1v) is 10.2. The largest absolute Gasteiger partial charge is 0.325 e. The highest BCUT2D eigenvalue weighted by molar-refractivity contribution is 7.99. The van der Waals surface area contributed by atoms with Gasteiger partial charge in [0.15, 0.2) is 16.7 Å². The van der Waals surface area contributed by atoms with Crippen molar-refractivity contribution in [2.45, 2.75) is 12.1 Å². The summed E-state index contributed by atoms with van der Waals surface area (Å²) in [6.07, 6.45) is 0. The number of anilines is 2. The van der Waals surface area contributed by atoms with Gasteiger partial charge in [-0.15, -0.1) is 10.2 Å². The number of carbonyl (C=O) groups excluding carboxylic acids is 2. The van der Waals surface area contributed by atoms with E-state index >= 15 is 0 Å². The standard InChI is InChI=1S/C20H17N7O3S/c1-13(28)21-18-17(25-30-26-18)19-23-24-20(27(19)15-10-6-3-7-11-15)31-12-16(29)22-14-8-4-2-5-9-14/h2-11H,12H2,1H3,(H,22,29)(H,21,26,28). The first kappa shape index (κ1) is 20.3. The van der Waals surface area contributed by atoms with Gasteiger partial charge in [-0.25, -0.2) is 4.63 Å². The Morgan fingerprint density at radius 3 is 2.39 bits per heavy atom. The Morgan fingerprint density at radius 1 is 0.968 bits per heavy atom. The van der Waals surface area contributed by atoms with Gasteiger partial charge in [0.2, 0.25) is 17.6 Å². The van der Waals surface area contributed by atoms with E-state index in [0.717, 1.165) is 5.69 Å². The van der Waals surface area contributed by atoms with Crippen LogP contribution in [-0.2, 0) is 9.59 Å². The number of aromatic nitrogens is 5. The molecule has 0 bridgehead atoms. The molecule has 0 atom stereocenters. The lowest BCUT2D eigenvalue weighted by molar-refractivity contribution is -0.114. The van der Waals surface area contributed by atoms with Crippen LogP contribution in [0.3, 0.4) is 0 Å². The summed E-state index contributed by atoms with van der Waals surface area (Å²) in [5.41, 5.74) is 1.70. The first-order chi connectivity index (χ1) is 15.1. The molecule has 0 aliphatic heterocycles. The van der Waals surface area contributed by atoms with Crippen LogP contribution in [0.15, 0.2) is 70.4 Å². The zero-order valence-electron chi connectivity index (χ0n) is 16.3. The van der Waals surface area contributed by atoms with Gasteiger partial charge in [0.1, 0.15) is 0 Å². The third kappa shape index (κ3) is 4.78. The Balaban J connectivity index is 1.62. The smallest absolute Gasteiger partial charge is 0.234 e. The molecule has 10 nitrogen and oxygen atoms in total. The van der Waals surface area contributed by atoms with E-state index in [-0.39, 0.29) is 29.1 Å². The number of benzene rings is 2. The highest BCUT2D eigenvalue weighted by Crippen LogP contribution is 2.30. The molecule has 0 saturated heterocycles. The molecule has 156 valence electrons. The van der Waals surface area contributed by atoms with E-state index in [1.54, 1.807) is 4.57 Å². The summed E-state index contributed by atoms with van der Waals surface area (Å²) >= 11 is 1.22. The summed E-state index contributed by atoms with van der Waals surface area (Å²) in [4.78, 5) is 23.8. The van der Waals surface area contributed by atoms with E-state index in [1.807, 2.05) is 60.7 Å². The maximum absolute atomic E-state index is 12.4. The number of rotatable bonds is 7. The molecule has 2 heterocycles. The summed E-state index contributed by atoms with van der Waals surface area (Å²) in [5.74, 6) is 0.0742. The molecule has 11 heteroatoms. The molecule has 0 saturated carbocycles. The van der Waals surface area contributed by atoms with Gasteiger partial charge in [-0.3, -0.25) is 14.2 Å². The van der Waals surface area contributed by atoms with Gasteiger partial charge in [0.05, 0.1) is 5.75 Å². The van der Waals surface area contributed by atoms with Crippen LogP contribution < -0.4 is 10.6 Å². The average molecular weight is 435 g/mol. The topological polar surface area (TPSA) is 128 Å². The zero-order chi connectivity index (χ0) is 21.6. The Hall–Kier alpha value is -3.99. The minimum atomic E-state index is -0.324. The third-order valence-electron chi connectivity index (χ3n) is 4.03. The predicted octanol–water partition coefficient (Wildman–Crippen LogP) is 3.01. The first-order valence-electron chi connectivity index (χ1n) is 9.21. The second-order valence-corrected chi connectivity index (χ2v) is 7.27. The van der Waals surface area contributed by atoms with Crippen molar-refractivity contribution in [3.05, 3.63) is 60.7 Å². The van der Waals surface area contributed by atoms with Crippen molar-refractivity contribution in [2.24, 2.45) is 0 Å². The van der Waals surface area contributed by atoms with Crippen molar-refractivity contribution in [1.82, 2.24) is 25.1 Å². The fourth-order valence-electron chi connectivity index (χ4n) is 2.76. The van der Waals surface area contributed by atoms with Crippen molar-refractivity contribution >= 4 is 35.1 Å². The lowest BCUT2D eigenvalue weighted by atomic mass is 10.3. The minimum Gasteiger partial charge on any atom is -0.325 e. The molecule has 0 fully saturated rings. The van der Waals surface area contributed by atoms with Crippen LogP contribution in [0.5, 0.6) is 0 Å². The van der Waals surface area contributed by atoms with Crippen molar-refractivity contribution in [1.29, 1.82) is 0 Å². The van der Waals surface area contributed by atoms with E-state index < -0.39 is 0 Å². The highest BCUT2D eigenvalue weighted by atomic mass is 32.2. The minimum absolute atomic E-state index is 0.121. The molecule has 0 spiro atoms. The molecule has 2 aromatic heterocycles. The second-order valence-electron chi connectivity index (χ2n) is 6.32. The third-order valence-corrected chi connectivity index (χ3v) is 4.96. The molecule has 0 aliphatic rings. The molecule has 2 amide bonds.